The number of imidazole rings is 1. The molecule has 3 heterocycles. The third-order valence-corrected chi connectivity index (χ3v) is 7.55. The van der Waals surface area contributed by atoms with E-state index >= 15 is 13.2 Å². The molecule has 0 saturated carbocycles. The summed E-state index contributed by atoms with van der Waals surface area (Å²) in [7, 11) is 0.0327. The molecule has 0 radical (unpaired) electrons. The monoisotopic (exact) mass is 516 g/mol. The van der Waals surface area contributed by atoms with Crippen molar-refractivity contribution in [2.75, 3.05) is 13.7 Å². The summed E-state index contributed by atoms with van der Waals surface area (Å²) in [6, 6.07) is 5.74. The summed E-state index contributed by atoms with van der Waals surface area (Å²) >= 11 is 0. The Morgan fingerprint density at radius 2 is 1.81 bits per heavy atom. The van der Waals surface area contributed by atoms with Crippen LogP contribution in [-0.2, 0) is 31.7 Å². The van der Waals surface area contributed by atoms with Gasteiger partial charge in [-0.1, -0.05) is 0 Å². The molecule has 2 aliphatic heterocycles. The normalized spacial score (nSPS) is 20.3. The third kappa shape index (κ3) is 4.43. The first-order chi connectivity index (χ1) is 17.4. The summed E-state index contributed by atoms with van der Waals surface area (Å²) in [6.45, 7) is 8.08. The summed E-state index contributed by atoms with van der Waals surface area (Å²) in [5, 5.41) is 0. The maximum Gasteiger partial charge on any atom is 0.498 e. The maximum absolute atomic E-state index is 15.3. The largest absolute Gasteiger partial charge is 0.498 e. The predicted octanol–water partition coefficient (Wildman–Crippen LogP) is 3.92. The molecule has 1 atom stereocenters. The van der Waals surface area contributed by atoms with Crippen LogP contribution in [0.15, 0.2) is 24.3 Å². The van der Waals surface area contributed by atoms with Gasteiger partial charge in [0.15, 0.2) is 11.6 Å². The number of carbonyl (C=O) groups excluding carboxylic acids is 1. The number of benzene rings is 2. The SMILES string of the molecule is COC(=O)c1ccc2nc(Cc3c(F)cc(B4OC(C)(C)C(C)(C)O4)c(F)c3F)n(C[C@@H]3CCO3)c2c1. The van der Waals surface area contributed by atoms with E-state index in [-0.39, 0.29) is 18.0 Å². The average Bonchev–Trinajstić information content (AvgIpc) is 3.26. The summed E-state index contributed by atoms with van der Waals surface area (Å²) in [4.78, 5) is 16.6. The van der Waals surface area contributed by atoms with E-state index in [9.17, 15) is 4.79 Å². The molecule has 0 N–H and O–H groups in total. The summed E-state index contributed by atoms with van der Waals surface area (Å²) < 4.78 is 69.6. The van der Waals surface area contributed by atoms with Gasteiger partial charge in [-0.15, -0.1) is 0 Å². The minimum absolute atomic E-state index is 0.102. The lowest BCUT2D eigenvalue weighted by atomic mass is 9.77. The van der Waals surface area contributed by atoms with Crippen molar-refractivity contribution in [1.82, 2.24) is 9.55 Å². The molecule has 11 heteroatoms. The molecule has 7 nitrogen and oxygen atoms in total. The Labute approximate surface area is 213 Å². The van der Waals surface area contributed by atoms with Gasteiger partial charge in [0.05, 0.1) is 47.6 Å². The fourth-order valence-corrected chi connectivity index (χ4v) is 4.50. The van der Waals surface area contributed by atoms with Crippen molar-refractivity contribution >= 4 is 29.6 Å². The van der Waals surface area contributed by atoms with Crippen molar-refractivity contribution in [1.29, 1.82) is 0 Å². The number of nitrogens with zero attached hydrogens (tertiary/aromatic N) is 2. The quantitative estimate of drug-likeness (QED) is 0.281. The summed E-state index contributed by atoms with van der Waals surface area (Å²) in [5.41, 5.74) is -0.970. The zero-order valence-electron chi connectivity index (χ0n) is 21.4. The first kappa shape index (κ1) is 25.8. The van der Waals surface area contributed by atoms with Crippen LogP contribution in [0, 0.1) is 17.5 Å². The standard InChI is InChI=1S/C26H28BF3N2O5/c1-25(2)26(3,4)37-27(36-25)17-12-18(28)16(22(29)23(17)30)11-21-31-19-7-6-14(24(33)34-5)10-20(19)32(21)13-15-8-9-35-15/h6-7,10,12,15H,8-9,11,13H2,1-5H3/t15-/m0/s1. The molecule has 196 valence electrons. The average molecular weight is 516 g/mol. The molecular weight excluding hydrogens is 488 g/mol. The minimum Gasteiger partial charge on any atom is -0.465 e. The Bertz CT molecular complexity index is 1370. The lowest BCUT2D eigenvalue weighted by Gasteiger charge is -2.32. The number of carbonyl (C=O) groups is 1. The Balaban J connectivity index is 1.53. The molecule has 2 aromatic carbocycles. The molecule has 0 aliphatic carbocycles. The van der Waals surface area contributed by atoms with Gasteiger partial charge in [0, 0.05) is 24.1 Å². The molecule has 2 fully saturated rings. The van der Waals surface area contributed by atoms with Crippen molar-refractivity contribution in [2.45, 2.75) is 64.4 Å². The van der Waals surface area contributed by atoms with Crippen LogP contribution in [-0.4, -0.2) is 53.7 Å². The summed E-state index contributed by atoms with van der Waals surface area (Å²) in [6.07, 6.45) is 0.401. The van der Waals surface area contributed by atoms with Gasteiger partial charge in [-0.05, 0) is 58.4 Å². The van der Waals surface area contributed by atoms with Crippen LogP contribution in [0.2, 0.25) is 0 Å². The molecule has 0 bridgehead atoms. The van der Waals surface area contributed by atoms with Crippen LogP contribution in [0.4, 0.5) is 13.2 Å². The Kier molecular flexibility index (Phi) is 6.36. The van der Waals surface area contributed by atoms with E-state index in [1.807, 2.05) is 0 Å². The molecule has 2 saturated heterocycles. The van der Waals surface area contributed by atoms with E-state index in [1.54, 1.807) is 50.5 Å². The van der Waals surface area contributed by atoms with Gasteiger partial charge in [-0.3, -0.25) is 0 Å². The van der Waals surface area contributed by atoms with E-state index in [1.165, 1.54) is 7.11 Å². The summed E-state index contributed by atoms with van der Waals surface area (Å²) in [5.74, 6) is -3.69. The second-order valence-electron chi connectivity index (χ2n) is 10.4. The lowest BCUT2D eigenvalue weighted by molar-refractivity contribution is -0.0589. The van der Waals surface area contributed by atoms with Crippen molar-refractivity contribution in [3.05, 3.63) is 58.7 Å². The molecular formula is C26H28BF3N2O5. The number of ether oxygens (including phenoxy) is 2. The Hall–Kier alpha value is -2.89. The van der Waals surface area contributed by atoms with Crippen molar-refractivity contribution in [2.24, 2.45) is 0 Å². The van der Waals surface area contributed by atoms with Gasteiger partial charge >= 0.3 is 13.1 Å². The number of esters is 1. The van der Waals surface area contributed by atoms with Crippen LogP contribution in [0.25, 0.3) is 11.0 Å². The molecule has 0 amide bonds. The van der Waals surface area contributed by atoms with Crippen LogP contribution in [0.5, 0.6) is 0 Å². The van der Waals surface area contributed by atoms with E-state index in [0.717, 1.165) is 12.5 Å². The number of rotatable bonds is 6. The highest BCUT2D eigenvalue weighted by atomic mass is 19.2. The Morgan fingerprint density at radius 3 is 2.41 bits per heavy atom. The second-order valence-corrected chi connectivity index (χ2v) is 10.4. The molecule has 5 rings (SSSR count). The van der Waals surface area contributed by atoms with E-state index in [0.29, 0.717) is 35.6 Å². The molecule has 0 spiro atoms. The number of fused-ring (bicyclic) bond motifs is 1. The number of hydrogen-bond donors (Lipinski definition) is 0. The van der Waals surface area contributed by atoms with Gasteiger partial charge in [0.2, 0.25) is 0 Å². The minimum atomic E-state index is -1.32. The van der Waals surface area contributed by atoms with Crippen molar-refractivity contribution in [3.63, 3.8) is 0 Å². The van der Waals surface area contributed by atoms with Crippen LogP contribution < -0.4 is 5.46 Å². The first-order valence-corrected chi connectivity index (χ1v) is 12.1. The third-order valence-electron chi connectivity index (χ3n) is 7.55. The van der Waals surface area contributed by atoms with E-state index < -0.39 is 47.3 Å². The molecule has 0 unspecified atom stereocenters. The number of hydrogen-bond acceptors (Lipinski definition) is 6. The van der Waals surface area contributed by atoms with Crippen molar-refractivity contribution < 1.29 is 36.7 Å². The smallest absolute Gasteiger partial charge is 0.465 e. The van der Waals surface area contributed by atoms with Gasteiger partial charge < -0.3 is 23.3 Å². The highest BCUT2D eigenvalue weighted by Gasteiger charge is 2.53. The van der Waals surface area contributed by atoms with E-state index in [4.69, 9.17) is 18.8 Å². The number of methoxy groups -OCH3 is 1. The molecule has 1 aromatic heterocycles. The number of aromatic nitrogens is 2. The van der Waals surface area contributed by atoms with Gasteiger partial charge in [0.1, 0.15) is 11.6 Å². The fraction of sp³-hybridized carbons (Fsp3) is 0.462. The first-order valence-electron chi connectivity index (χ1n) is 12.1. The van der Waals surface area contributed by atoms with E-state index in [2.05, 4.69) is 4.98 Å². The van der Waals surface area contributed by atoms with Crippen LogP contribution >= 0.6 is 0 Å². The molecule has 2 aliphatic rings. The highest BCUT2D eigenvalue weighted by molar-refractivity contribution is 6.62. The zero-order valence-corrected chi connectivity index (χ0v) is 21.4. The zero-order chi connectivity index (χ0) is 26.7. The topological polar surface area (TPSA) is 71.8 Å². The molecule has 3 aromatic rings. The Morgan fingerprint density at radius 1 is 1.14 bits per heavy atom. The van der Waals surface area contributed by atoms with Crippen LogP contribution in [0.3, 0.4) is 0 Å². The van der Waals surface area contributed by atoms with Gasteiger partial charge in [-0.2, -0.15) is 0 Å². The van der Waals surface area contributed by atoms with Crippen LogP contribution in [0.1, 0.15) is 55.9 Å². The second kappa shape index (κ2) is 9.14. The van der Waals surface area contributed by atoms with Crippen molar-refractivity contribution in [3.8, 4) is 0 Å². The fourth-order valence-electron chi connectivity index (χ4n) is 4.50. The molecule has 37 heavy (non-hydrogen) atoms. The lowest BCUT2D eigenvalue weighted by Crippen LogP contribution is -2.41. The van der Waals surface area contributed by atoms with Gasteiger partial charge in [-0.25, -0.2) is 22.9 Å². The maximum atomic E-state index is 15.3. The van der Waals surface area contributed by atoms with Gasteiger partial charge in [0.25, 0.3) is 0 Å². The highest BCUT2D eigenvalue weighted by Crippen LogP contribution is 2.37. The predicted molar refractivity (Wildman–Crippen MR) is 130 cm³/mol. The number of halogens is 3.